The number of H-pyrrole nitrogens is 1. The average Bonchev–Trinajstić information content (AvgIpc) is 2.16. The lowest BCUT2D eigenvalue weighted by Crippen LogP contribution is -2.21. The third-order valence-electron chi connectivity index (χ3n) is 2.80. The van der Waals surface area contributed by atoms with Crippen molar-refractivity contribution in [2.75, 3.05) is 0 Å². The summed E-state index contributed by atoms with van der Waals surface area (Å²) in [6.07, 6.45) is 2.39. The second-order valence-electron chi connectivity index (χ2n) is 3.81. The fraction of sp³-hybridized carbons (Fsp3) is 0.500. The minimum Gasteiger partial charge on any atom is -0.481 e. The van der Waals surface area contributed by atoms with Gasteiger partial charge >= 0.3 is 5.97 Å². The van der Waals surface area contributed by atoms with Crippen LogP contribution in [-0.4, -0.2) is 21.0 Å². The smallest absolute Gasteiger partial charge is 0.311 e. The number of fused-ring (bicyclic) bond motifs is 1. The highest BCUT2D eigenvalue weighted by Gasteiger charge is 2.28. The van der Waals surface area contributed by atoms with E-state index in [9.17, 15) is 4.79 Å². The van der Waals surface area contributed by atoms with Gasteiger partial charge in [-0.1, -0.05) is 0 Å². The van der Waals surface area contributed by atoms with E-state index in [1.807, 2.05) is 6.92 Å². The molecule has 0 radical (unpaired) electrons. The molecule has 0 bridgehead atoms. The van der Waals surface area contributed by atoms with E-state index in [0.29, 0.717) is 11.2 Å². The quantitative estimate of drug-likeness (QED) is 0.715. The highest BCUT2D eigenvalue weighted by Crippen LogP contribution is 2.32. The van der Waals surface area contributed by atoms with Gasteiger partial charge in [-0.2, -0.15) is 0 Å². The number of hydrogen-bond acceptors (Lipinski definition) is 3. The van der Waals surface area contributed by atoms with Crippen molar-refractivity contribution in [3.63, 3.8) is 0 Å². The highest BCUT2D eigenvalue weighted by atomic mass is 32.1. The Kier molecular flexibility index (Phi) is 2.56. The van der Waals surface area contributed by atoms with E-state index in [2.05, 4.69) is 9.97 Å². The summed E-state index contributed by atoms with van der Waals surface area (Å²) in [5, 5.41) is 9.11. The molecule has 5 heteroatoms. The molecule has 0 saturated carbocycles. The van der Waals surface area contributed by atoms with Crippen LogP contribution in [0.1, 0.15) is 35.7 Å². The van der Waals surface area contributed by atoms with Gasteiger partial charge in [0.25, 0.3) is 0 Å². The number of nitrogens with zero attached hydrogens (tertiary/aromatic N) is 1. The Morgan fingerprint density at radius 1 is 1.67 bits per heavy atom. The van der Waals surface area contributed by atoms with Gasteiger partial charge in [0.2, 0.25) is 0 Å². The van der Waals surface area contributed by atoms with Crippen LogP contribution in [0, 0.1) is 11.7 Å². The molecular formula is C10H12N2O2S. The predicted molar refractivity (Wildman–Crippen MR) is 57.5 cm³/mol. The van der Waals surface area contributed by atoms with E-state index in [1.165, 1.54) is 0 Å². The molecule has 0 aromatic carbocycles. The molecule has 1 aromatic rings. The lowest BCUT2D eigenvalue weighted by atomic mass is 9.85. The second-order valence-corrected chi connectivity index (χ2v) is 4.20. The largest absolute Gasteiger partial charge is 0.481 e. The Bertz CT molecular complexity index is 467. The van der Waals surface area contributed by atoms with Crippen LogP contribution in [0.5, 0.6) is 0 Å². The summed E-state index contributed by atoms with van der Waals surface area (Å²) in [6.45, 7) is 1.86. The molecule has 0 spiro atoms. The van der Waals surface area contributed by atoms with Crippen LogP contribution in [0.4, 0.5) is 0 Å². The van der Waals surface area contributed by atoms with E-state index in [-0.39, 0.29) is 0 Å². The van der Waals surface area contributed by atoms with Gasteiger partial charge in [0.15, 0.2) is 4.77 Å². The Hall–Kier alpha value is -1.23. The summed E-state index contributed by atoms with van der Waals surface area (Å²) >= 11 is 4.98. The molecule has 1 aliphatic carbocycles. The molecule has 2 N–H and O–H groups in total. The van der Waals surface area contributed by atoms with Crippen molar-refractivity contribution < 1.29 is 9.90 Å². The van der Waals surface area contributed by atoms with E-state index >= 15 is 0 Å². The third kappa shape index (κ3) is 1.79. The molecule has 0 aliphatic heterocycles. The number of hydrogen-bond donors (Lipinski definition) is 2. The SMILES string of the molecule is Cc1[nH]c(=S)nc2c1C(C(=O)O)CCC2. The Morgan fingerprint density at radius 2 is 2.40 bits per heavy atom. The first-order valence-electron chi connectivity index (χ1n) is 4.92. The van der Waals surface area contributed by atoms with E-state index in [4.69, 9.17) is 17.3 Å². The van der Waals surface area contributed by atoms with Gasteiger partial charge in [0, 0.05) is 17.0 Å². The maximum Gasteiger partial charge on any atom is 0.311 e. The molecule has 15 heavy (non-hydrogen) atoms. The van der Waals surface area contributed by atoms with Crippen molar-refractivity contribution in [1.82, 2.24) is 9.97 Å². The standard InChI is InChI=1S/C10H12N2O2S/c1-5-8-6(9(13)14)3-2-4-7(8)12-10(15)11-5/h6H,2-4H2,1H3,(H,13,14)(H,11,12,15). The summed E-state index contributed by atoms with van der Waals surface area (Å²) < 4.78 is 0.442. The molecule has 1 unspecified atom stereocenters. The van der Waals surface area contributed by atoms with Gasteiger partial charge < -0.3 is 10.1 Å². The Labute approximate surface area is 92.4 Å². The molecular weight excluding hydrogens is 212 g/mol. The number of aliphatic carboxylic acids is 1. The van der Waals surface area contributed by atoms with Crippen LogP contribution < -0.4 is 0 Å². The summed E-state index contributed by atoms with van der Waals surface area (Å²) in [5.74, 6) is -1.19. The molecule has 80 valence electrons. The van der Waals surface area contributed by atoms with Crippen molar-refractivity contribution in [1.29, 1.82) is 0 Å². The summed E-state index contributed by atoms with van der Waals surface area (Å²) in [7, 11) is 0. The van der Waals surface area contributed by atoms with Crippen molar-refractivity contribution in [3.05, 3.63) is 21.7 Å². The zero-order chi connectivity index (χ0) is 11.0. The Balaban J connectivity index is 2.60. The maximum absolute atomic E-state index is 11.1. The minimum atomic E-state index is -0.772. The lowest BCUT2D eigenvalue weighted by molar-refractivity contribution is -0.139. The van der Waals surface area contributed by atoms with Crippen LogP contribution in [0.3, 0.4) is 0 Å². The van der Waals surface area contributed by atoms with Gasteiger partial charge in [0.1, 0.15) is 0 Å². The van der Waals surface area contributed by atoms with Crippen molar-refractivity contribution >= 4 is 18.2 Å². The van der Waals surface area contributed by atoms with Crippen molar-refractivity contribution in [2.24, 2.45) is 0 Å². The molecule has 1 heterocycles. The van der Waals surface area contributed by atoms with Crippen molar-refractivity contribution in [3.8, 4) is 0 Å². The van der Waals surface area contributed by atoms with E-state index in [0.717, 1.165) is 29.8 Å². The third-order valence-corrected chi connectivity index (χ3v) is 2.99. The molecule has 4 nitrogen and oxygen atoms in total. The van der Waals surface area contributed by atoms with Gasteiger partial charge in [-0.3, -0.25) is 4.79 Å². The van der Waals surface area contributed by atoms with Crippen molar-refractivity contribution in [2.45, 2.75) is 32.1 Å². The molecule has 0 saturated heterocycles. The lowest BCUT2D eigenvalue weighted by Gasteiger charge is -2.22. The molecule has 1 aromatic heterocycles. The normalized spacial score (nSPS) is 19.7. The summed E-state index contributed by atoms with van der Waals surface area (Å²) in [6, 6.07) is 0. The van der Waals surface area contributed by atoms with E-state index < -0.39 is 11.9 Å². The Morgan fingerprint density at radius 3 is 3.07 bits per heavy atom. The van der Waals surface area contributed by atoms with Crippen LogP contribution >= 0.6 is 12.2 Å². The number of carboxylic acid groups (broad SMARTS) is 1. The predicted octanol–water partition coefficient (Wildman–Crippen LogP) is 1.95. The summed E-state index contributed by atoms with van der Waals surface area (Å²) in [5.41, 5.74) is 2.54. The van der Waals surface area contributed by atoms with E-state index in [1.54, 1.807) is 0 Å². The number of aromatic amines is 1. The minimum absolute atomic E-state index is 0.423. The average molecular weight is 224 g/mol. The molecule has 1 aliphatic rings. The molecule has 2 rings (SSSR count). The zero-order valence-electron chi connectivity index (χ0n) is 8.41. The topological polar surface area (TPSA) is 66.0 Å². The highest BCUT2D eigenvalue weighted by molar-refractivity contribution is 7.71. The number of carboxylic acids is 1. The number of aromatic nitrogens is 2. The van der Waals surface area contributed by atoms with Gasteiger partial charge in [-0.25, -0.2) is 4.98 Å². The zero-order valence-corrected chi connectivity index (χ0v) is 9.23. The first kappa shape index (κ1) is 10.3. The molecule has 0 amide bonds. The molecule has 1 atom stereocenters. The van der Waals surface area contributed by atoms with Crippen LogP contribution in [0.15, 0.2) is 0 Å². The maximum atomic E-state index is 11.1. The summed E-state index contributed by atoms with van der Waals surface area (Å²) in [4.78, 5) is 18.2. The number of nitrogens with one attached hydrogen (secondary N) is 1. The van der Waals surface area contributed by atoms with Gasteiger partial charge in [0.05, 0.1) is 5.92 Å². The molecule has 0 fully saturated rings. The fourth-order valence-electron chi connectivity index (χ4n) is 2.17. The van der Waals surface area contributed by atoms with Crippen LogP contribution in [0.2, 0.25) is 0 Å². The fourth-order valence-corrected chi connectivity index (χ4v) is 2.44. The number of carbonyl (C=O) groups is 1. The van der Waals surface area contributed by atoms with Gasteiger partial charge in [-0.15, -0.1) is 0 Å². The van der Waals surface area contributed by atoms with Gasteiger partial charge in [-0.05, 0) is 38.4 Å². The second kappa shape index (κ2) is 3.73. The first-order valence-corrected chi connectivity index (χ1v) is 5.33. The number of aryl methyl sites for hydroxylation is 2. The number of rotatable bonds is 1. The first-order chi connectivity index (χ1) is 7.09. The van der Waals surface area contributed by atoms with Crippen LogP contribution in [0.25, 0.3) is 0 Å². The monoisotopic (exact) mass is 224 g/mol. The van der Waals surface area contributed by atoms with Crippen LogP contribution in [-0.2, 0) is 11.2 Å².